The number of nitrogens with zero attached hydrogens (tertiary/aromatic N) is 5. The molecule has 35 heavy (non-hydrogen) atoms. The number of para-hydroxylation sites is 1. The van der Waals surface area contributed by atoms with Gasteiger partial charge in [-0.05, 0) is 42.0 Å². The number of benzene rings is 2. The minimum absolute atomic E-state index is 0.0653. The second-order valence-corrected chi connectivity index (χ2v) is 9.07. The van der Waals surface area contributed by atoms with Gasteiger partial charge in [-0.3, -0.25) is 4.79 Å². The summed E-state index contributed by atoms with van der Waals surface area (Å²) >= 11 is 7.21. The molecule has 9 nitrogen and oxygen atoms in total. The van der Waals surface area contributed by atoms with Crippen molar-refractivity contribution in [3.05, 3.63) is 83.3 Å². The molecule has 178 valence electrons. The van der Waals surface area contributed by atoms with E-state index in [0.29, 0.717) is 39.5 Å². The van der Waals surface area contributed by atoms with Crippen molar-refractivity contribution in [2.24, 2.45) is 5.10 Å². The number of furan rings is 1. The maximum atomic E-state index is 13.3. The largest absolute Gasteiger partial charge is 0.496 e. The number of carbonyl (C=O) groups excluding carboxylic acids is 1. The first-order chi connectivity index (χ1) is 17.0. The van der Waals surface area contributed by atoms with E-state index in [0.717, 1.165) is 11.3 Å². The van der Waals surface area contributed by atoms with Crippen molar-refractivity contribution in [1.29, 1.82) is 0 Å². The quantitative estimate of drug-likeness (QED) is 0.291. The highest BCUT2D eigenvalue weighted by molar-refractivity contribution is 7.99. The molecule has 0 aliphatic carbocycles. The number of hydrogen-bond acceptors (Lipinski definition) is 8. The smallest absolute Gasteiger partial charge is 0.253 e. The van der Waals surface area contributed by atoms with E-state index >= 15 is 0 Å². The Balaban J connectivity index is 1.35. The predicted molar refractivity (Wildman–Crippen MR) is 134 cm³/mol. The van der Waals surface area contributed by atoms with Crippen LogP contribution in [0.5, 0.6) is 5.75 Å². The molecule has 1 aliphatic heterocycles. The SMILES string of the molecule is COc1ccccc1-c1nnc(SCC(=O)N2N=C(c3ccc(Cl)cc3)CC2c2ccco2)n1N. The molecule has 0 saturated heterocycles. The molecule has 1 atom stereocenters. The molecular formula is C24H21ClN6O3S. The highest BCUT2D eigenvalue weighted by atomic mass is 35.5. The first kappa shape index (κ1) is 23.0. The Labute approximate surface area is 210 Å². The minimum atomic E-state index is -0.344. The summed E-state index contributed by atoms with van der Waals surface area (Å²) in [5.74, 6) is 7.84. The molecule has 1 unspecified atom stereocenters. The van der Waals surface area contributed by atoms with Crippen molar-refractivity contribution in [2.45, 2.75) is 17.6 Å². The maximum absolute atomic E-state index is 13.3. The van der Waals surface area contributed by atoms with Crippen LogP contribution in [0.1, 0.15) is 23.8 Å². The number of amides is 1. The molecule has 0 saturated carbocycles. The third-order valence-electron chi connectivity index (χ3n) is 5.55. The number of nitrogen functional groups attached to an aromatic ring is 1. The monoisotopic (exact) mass is 508 g/mol. The van der Waals surface area contributed by atoms with Crippen LogP contribution in [0.25, 0.3) is 11.4 Å². The summed E-state index contributed by atoms with van der Waals surface area (Å²) in [6.45, 7) is 0. The van der Waals surface area contributed by atoms with E-state index < -0.39 is 0 Å². The first-order valence-corrected chi connectivity index (χ1v) is 12.1. The molecule has 1 amide bonds. The van der Waals surface area contributed by atoms with Crippen LogP contribution < -0.4 is 10.6 Å². The van der Waals surface area contributed by atoms with Gasteiger partial charge >= 0.3 is 0 Å². The average Bonchev–Trinajstić information content (AvgIpc) is 3.63. The fourth-order valence-electron chi connectivity index (χ4n) is 3.84. The molecule has 0 spiro atoms. The van der Waals surface area contributed by atoms with E-state index in [-0.39, 0.29) is 17.7 Å². The number of ether oxygens (including phenoxy) is 1. The van der Waals surface area contributed by atoms with Gasteiger partial charge in [-0.1, -0.05) is 47.6 Å². The fraction of sp³-hybridized carbons (Fsp3) is 0.167. The molecule has 4 aromatic rings. The summed E-state index contributed by atoms with van der Waals surface area (Å²) in [6, 6.07) is 18.1. The lowest BCUT2D eigenvalue weighted by atomic mass is 10.0. The molecule has 1 aliphatic rings. The van der Waals surface area contributed by atoms with Gasteiger partial charge < -0.3 is 15.0 Å². The van der Waals surface area contributed by atoms with Crippen LogP contribution in [0.3, 0.4) is 0 Å². The standard InChI is InChI=1S/C24H21ClN6O3S/c1-33-20-6-3-2-5-17(20)23-27-28-24(30(23)26)35-14-22(32)31-19(21-7-4-12-34-21)13-18(29-31)15-8-10-16(25)11-9-15/h2-12,19H,13-14,26H2,1H3. The van der Waals surface area contributed by atoms with Crippen LogP contribution in [-0.4, -0.2) is 44.4 Å². The molecule has 2 aromatic heterocycles. The van der Waals surface area contributed by atoms with Crippen molar-refractivity contribution in [3.63, 3.8) is 0 Å². The number of carbonyl (C=O) groups is 1. The zero-order valence-electron chi connectivity index (χ0n) is 18.7. The molecular weight excluding hydrogens is 488 g/mol. The molecule has 0 radical (unpaired) electrons. The highest BCUT2D eigenvalue weighted by Crippen LogP contribution is 2.34. The summed E-state index contributed by atoms with van der Waals surface area (Å²) in [7, 11) is 1.58. The zero-order chi connectivity index (χ0) is 24.4. The van der Waals surface area contributed by atoms with E-state index in [1.165, 1.54) is 21.4 Å². The van der Waals surface area contributed by atoms with Gasteiger partial charge in [-0.15, -0.1) is 10.2 Å². The van der Waals surface area contributed by atoms with Gasteiger partial charge in [0.15, 0.2) is 5.82 Å². The second-order valence-electron chi connectivity index (χ2n) is 7.69. The van der Waals surface area contributed by atoms with E-state index in [1.807, 2.05) is 42.5 Å². The minimum Gasteiger partial charge on any atom is -0.496 e. The summed E-state index contributed by atoms with van der Waals surface area (Å²) in [5, 5.41) is 15.5. The second kappa shape index (κ2) is 9.85. The molecule has 2 N–H and O–H groups in total. The van der Waals surface area contributed by atoms with Gasteiger partial charge in [0.2, 0.25) is 5.16 Å². The maximum Gasteiger partial charge on any atom is 0.253 e. The topological polar surface area (TPSA) is 112 Å². The Morgan fingerprint density at radius 1 is 1.17 bits per heavy atom. The third-order valence-corrected chi connectivity index (χ3v) is 6.73. The van der Waals surface area contributed by atoms with Crippen LogP contribution in [0, 0.1) is 0 Å². The summed E-state index contributed by atoms with van der Waals surface area (Å²) in [4.78, 5) is 13.3. The van der Waals surface area contributed by atoms with Crippen molar-refractivity contribution >= 4 is 35.0 Å². The Hall–Kier alpha value is -3.76. The van der Waals surface area contributed by atoms with Crippen LogP contribution in [0.2, 0.25) is 5.02 Å². The Kier molecular flexibility index (Phi) is 6.47. The molecule has 3 heterocycles. The number of rotatable bonds is 7. The summed E-state index contributed by atoms with van der Waals surface area (Å²) < 4.78 is 12.4. The number of aromatic nitrogens is 3. The molecule has 0 fully saturated rings. The van der Waals surface area contributed by atoms with E-state index in [2.05, 4.69) is 15.3 Å². The fourth-order valence-corrected chi connectivity index (χ4v) is 4.68. The van der Waals surface area contributed by atoms with E-state index in [9.17, 15) is 4.79 Å². The van der Waals surface area contributed by atoms with Crippen LogP contribution in [-0.2, 0) is 4.79 Å². The van der Waals surface area contributed by atoms with Crippen LogP contribution in [0.4, 0.5) is 0 Å². The number of hydrazone groups is 1. The molecule has 2 aromatic carbocycles. The number of thioether (sulfide) groups is 1. The lowest BCUT2D eigenvalue weighted by molar-refractivity contribution is -0.130. The molecule has 0 bridgehead atoms. The van der Waals surface area contributed by atoms with Gasteiger partial charge in [-0.25, -0.2) is 9.69 Å². The number of methoxy groups -OCH3 is 1. The average molecular weight is 509 g/mol. The van der Waals surface area contributed by atoms with Gasteiger partial charge in [0.25, 0.3) is 5.91 Å². The summed E-state index contributed by atoms with van der Waals surface area (Å²) in [5.41, 5.74) is 2.39. The normalized spacial score (nSPS) is 15.3. The van der Waals surface area contributed by atoms with Crippen molar-refractivity contribution in [3.8, 4) is 17.1 Å². The third kappa shape index (κ3) is 4.62. The lowest BCUT2D eigenvalue weighted by Crippen LogP contribution is -2.28. The number of nitrogens with two attached hydrogens (primary N) is 1. The highest BCUT2D eigenvalue weighted by Gasteiger charge is 2.35. The lowest BCUT2D eigenvalue weighted by Gasteiger charge is -2.19. The van der Waals surface area contributed by atoms with Gasteiger partial charge in [0.1, 0.15) is 17.6 Å². The van der Waals surface area contributed by atoms with Crippen LogP contribution in [0.15, 0.2) is 81.6 Å². The predicted octanol–water partition coefficient (Wildman–Crippen LogP) is 4.38. The Bertz CT molecular complexity index is 1370. The van der Waals surface area contributed by atoms with Crippen molar-refractivity contribution in [1.82, 2.24) is 19.9 Å². The molecule has 5 rings (SSSR count). The summed E-state index contributed by atoms with van der Waals surface area (Å²) in [6.07, 6.45) is 2.11. The van der Waals surface area contributed by atoms with Crippen molar-refractivity contribution in [2.75, 3.05) is 18.7 Å². The Morgan fingerprint density at radius 3 is 2.71 bits per heavy atom. The van der Waals surface area contributed by atoms with Crippen molar-refractivity contribution < 1.29 is 13.9 Å². The zero-order valence-corrected chi connectivity index (χ0v) is 20.2. The van der Waals surface area contributed by atoms with Gasteiger partial charge in [0, 0.05) is 11.4 Å². The Morgan fingerprint density at radius 2 is 1.97 bits per heavy atom. The van der Waals surface area contributed by atoms with Gasteiger partial charge in [0.05, 0.1) is 30.4 Å². The van der Waals surface area contributed by atoms with E-state index in [1.54, 1.807) is 31.6 Å². The first-order valence-electron chi connectivity index (χ1n) is 10.7. The molecule has 11 heteroatoms. The van der Waals surface area contributed by atoms with Gasteiger partial charge in [-0.2, -0.15) is 5.10 Å². The number of hydrogen-bond donors (Lipinski definition) is 1. The van der Waals surface area contributed by atoms with Crippen LogP contribution >= 0.6 is 23.4 Å². The van der Waals surface area contributed by atoms with E-state index in [4.69, 9.17) is 26.6 Å². The number of halogens is 1.